The summed E-state index contributed by atoms with van der Waals surface area (Å²) >= 11 is 3.40. The van der Waals surface area contributed by atoms with Gasteiger partial charge in [-0.1, -0.05) is 15.9 Å². The van der Waals surface area contributed by atoms with Gasteiger partial charge >= 0.3 is 0 Å². The number of pyridine rings is 1. The van der Waals surface area contributed by atoms with E-state index in [0.717, 1.165) is 21.5 Å². The molecular formula is C13H12BrFN2O. The minimum Gasteiger partial charge on any atom is -0.497 e. The second kappa shape index (κ2) is 5.82. The van der Waals surface area contributed by atoms with Gasteiger partial charge in [-0.2, -0.15) is 0 Å². The predicted molar refractivity (Wildman–Crippen MR) is 72.2 cm³/mol. The molecule has 1 heterocycles. The van der Waals surface area contributed by atoms with Crippen molar-refractivity contribution >= 4 is 21.6 Å². The molecule has 0 atom stereocenters. The van der Waals surface area contributed by atoms with E-state index in [0.29, 0.717) is 6.54 Å². The normalized spacial score (nSPS) is 10.2. The Morgan fingerprint density at radius 2 is 2.11 bits per heavy atom. The molecule has 0 saturated heterocycles. The summed E-state index contributed by atoms with van der Waals surface area (Å²) in [5, 5.41) is 3.19. The Morgan fingerprint density at radius 1 is 1.28 bits per heavy atom. The molecule has 0 amide bonds. The van der Waals surface area contributed by atoms with Gasteiger partial charge in [0.1, 0.15) is 11.6 Å². The zero-order valence-electron chi connectivity index (χ0n) is 9.78. The number of nitrogens with one attached hydrogen (secondary N) is 1. The Kier molecular flexibility index (Phi) is 4.15. The molecule has 3 nitrogen and oxygen atoms in total. The number of rotatable bonds is 4. The molecular weight excluding hydrogens is 299 g/mol. The van der Waals surface area contributed by atoms with Gasteiger partial charge in [-0.25, -0.2) is 4.39 Å². The van der Waals surface area contributed by atoms with Crippen LogP contribution in [0.15, 0.2) is 41.1 Å². The van der Waals surface area contributed by atoms with Crippen LogP contribution < -0.4 is 10.1 Å². The van der Waals surface area contributed by atoms with E-state index in [1.165, 1.54) is 12.3 Å². The molecule has 0 spiro atoms. The average Bonchev–Trinajstić information content (AvgIpc) is 2.36. The van der Waals surface area contributed by atoms with Crippen molar-refractivity contribution < 1.29 is 9.13 Å². The Hall–Kier alpha value is -1.62. The molecule has 18 heavy (non-hydrogen) atoms. The lowest BCUT2D eigenvalue weighted by Crippen LogP contribution is -2.00. The minimum atomic E-state index is -0.332. The van der Waals surface area contributed by atoms with E-state index in [4.69, 9.17) is 4.74 Å². The zero-order chi connectivity index (χ0) is 13.0. The van der Waals surface area contributed by atoms with Gasteiger partial charge in [-0.15, -0.1) is 0 Å². The lowest BCUT2D eigenvalue weighted by molar-refractivity contribution is 0.414. The van der Waals surface area contributed by atoms with E-state index in [-0.39, 0.29) is 5.82 Å². The molecule has 0 aliphatic heterocycles. The van der Waals surface area contributed by atoms with Gasteiger partial charge in [0.05, 0.1) is 13.3 Å². The van der Waals surface area contributed by atoms with Crippen LogP contribution in [0.25, 0.3) is 0 Å². The van der Waals surface area contributed by atoms with Gasteiger partial charge in [0.2, 0.25) is 0 Å². The number of anilines is 1. The first kappa shape index (κ1) is 12.8. The molecule has 0 unspecified atom stereocenters. The van der Waals surface area contributed by atoms with Crippen molar-refractivity contribution in [3.05, 3.63) is 52.5 Å². The molecule has 2 aromatic rings. The predicted octanol–water partition coefficient (Wildman–Crippen LogP) is 3.60. The van der Waals surface area contributed by atoms with Crippen LogP contribution in [0.4, 0.5) is 10.1 Å². The molecule has 0 bridgehead atoms. The summed E-state index contributed by atoms with van der Waals surface area (Å²) in [7, 11) is 1.61. The van der Waals surface area contributed by atoms with Crippen LogP contribution in [0, 0.1) is 5.82 Å². The van der Waals surface area contributed by atoms with Gasteiger partial charge in [0, 0.05) is 29.0 Å². The van der Waals surface area contributed by atoms with Gasteiger partial charge in [-0.05, 0) is 23.8 Å². The van der Waals surface area contributed by atoms with Crippen LogP contribution >= 0.6 is 15.9 Å². The topological polar surface area (TPSA) is 34.1 Å². The highest BCUT2D eigenvalue weighted by molar-refractivity contribution is 9.10. The molecule has 0 fully saturated rings. The Labute approximate surface area is 113 Å². The van der Waals surface area contributed by atoms with Crippen LogP contribution in [0.3, 0.4) is 0 Å². The third kappa shape index (κ3) is 3.43. The van der Waals surface area contributed by atoms with Crippen LogP contribution in [0.1, 0.15) is 5.56 Å². The number of ether oxygens (including phenoxy) is 1. The van der Waals surface area contributed by atoms with Gasteiger partial charge < -0.3 is 10.1 Å². The summed E-state index contributed by atoms with van der Waals surface area (Å²) in [5.74, 6) is 0.422. The fraction of sp³-hybridized carbons (Fsp3) is 0.154. The molecule has 5 heteroatoms. The van der Waals surface area contributed by atoms with E-state index in [9.17, 15) is 4.39 Å². The smallest absolute Gasteiger partial charge is 0.141 e. The molecule has 0 aliphatic rings. The number of benzene rings is 1. The first-order valence-corrected chi connectivity index (χ1v) is 6.14. The first-order chi connectivity index (χ1) is 8.67. The number of methoxy groups -OCH3 is 1. The molecule has 1 aromatic heterocycles. The summed E-state index contributed by atoms with van der Waals surface area (Å²) < 4.78 is 19.0. The van der Waals surface area contributed by atoms with E-state index in [1.54, 1.807) is 13.3 Å². The SMILES string of the molecule is COc1cc(Br)cc(NCc2cncc(F)c2)c1. The lowest BCUT2D eigenvalue weighted by Gasteiger charge is -2.09. The second-order valence-corrected chi connectivity index (χ2v) is 4.66. The lowest BCUT2D eigenvalue weighted by atomic mass is 10.2. The molecule has 94 valence electrons. The van der Waals surface area contributed by atoms with Crippen molar-refractivity contribution in [3.63, 3.8) is 0 Å². The summed E-state index contributed by atoms with van der Waals surface area (Å²) in [6, 6.07) is 7.12. The van der Waals surface area contributed by atoms with Gasteiger partial charge in [-0.3, -0.25) is 4.98 Å². The van der Waals surface area contributed by atoms with Crippen molar-refractivity contribution in [2.24, 2.45) is 0 Å². The summed E-state index contributed by atoms with van der Waals surface area (Å²) in [4.78, 5) is 3.80. The Morgan fingerprint density at radius 3 is 2.83 bits per heavy atom. The largest absolute Gasteiger partial charge is 0.497 e. The minimum absolute atomic E-state index is 0.332. The fourth-order valence-electron chi connectivity index (χ4n) is 1.54. The summed E-state index contributed by atoms with van der Waals surface area (Å²) in [5.41, 5.74) is 1.68. The molecule has 0 aliphatic carbocycles. The molecule has 2 rings (SSSR count). The molecule has 1 N–H and O–H groups in total. The maximum Gasteiger partial charge on any atom is 0.141 e. The quantitative estimate of drug-likeness (QED) is 0.937. The zero-order valence-corrected chi connectivity index (χ0v) is 11.4. The van der Waals surface area contributed by atoms with Gasteiger partial charge in [0.15, 0.2) is 0 Å². The van der Waals surface area contributed by atoms with Crippen molar-refractivity contribution in [3.8, 4) is 5.75 Å². The van der Waals surface area contributed by atoms with Crippen molar-refractivity contribution in [1.82, 2.24) is 4.98 Å². The van der Waals surface area contributed by atoms with Crippen molar-refractivity contribution in [1.29, 1.82) is 0 Å². The summed E-state index contributed by atoms with van der Waals surface area (Å²) in [6.07, 6.45) is 2.82. The standard InChI is InChI=1S/C13H12BrFN2O/c1-18-13-4-10(14)3-12(5-13)17-7-9-2-11(15)8-16-6-9/h2-6,8,17H,7H2,1H3. The van der Waals surface area contributed by atoms with Crippen LogP contribution in [-0.2, 0) is 6.54 Å². The number of halogens is 2. The van der Waals surface area contributed by atoms with Crippen LogP contribution in [-0.4, -0.2) is 12.1 Å². The third-order valence-electron chi connectivity index (χ3n) is 2.37. The van der Waals surface area contributed by atoms with E-state index in [1.807, 2.05) is 18.2 Å². The highest BCUT2D eigenvalue weighted by atomic mass is 79.9. The molecule has 0 saturated carbocycles. The molecule has 0 radical (unpaired) electrons. The van der Waals surface area contributed by atoms with Crippen LogP contribution in [0.2, 0.25) is 0 Å². The molecule has 1 aromatic carbocycles. The first-order valence-electron chi connectivity index (χ1n) is 5.35. The average molecular weight is 311 g/mol. The number of hydrogen-bond donors (Lipinski definition) is 1. The highest BCUT2D eigenvalue weighted by Crippen LogP contribution is 2.24. The number of aromatic nitrogens is 1. The Balaban J connectivity index is 2.08. The van der Waals surface area contributed by atoms with E-state index in [2.05, 4.69) is 26.2 Å². The maximum atomic E-state index is 13.0. The van der Waals surface area contributed by atoms with E-state index < -0.39 is 0 Å². The maximum absolute atomic E-state index is 13.0. The van der Waals surface area contributed by atoms with Crippen molar-refractivity contribution in [2.75, 3.05) is 12.4 Å². The van der Waals surface area contributed by atoms with E-state index >= 15 is 0 Å². The van der Waals surface area contributed by atoms with Gasteiger partial charge in [0.25, 0.3) is 0 Å². The fourth-order valence-corrected chi connectivity index (χ4v) is 2.01. The van der Waals surface area contributed by atoms with Crippen molar-refractivity contribution in [2.45, 2.75) is 6.54 Å². The van der Waals surface area contributed by atoms with Crippen LogP contribution in [0.5, 0.6) is 5.75 Å². The highest BCUT2D eigenvalue weighted by Gasteiger charge is 2.01. The number of hydrogen-bond acceptors (Lipinski definition) is 3. The Bertz CT molecular complexity index is 548. The number of nitrogens with zero attached hydrogens (tertiary/aromatic N) is 1. The monoisotopic (exact) mass is 310 g/mol. The third-order valence-corrected chi connectivity index (χ3v) is 2.82. The summed E-state index contributed by atoms with van der Waals surface area (Å²) in [6.45, 7) is 0.504. The second-order valence-electron chi connectivity index (χ2n) is 3.74.